The molecule has 1 aliphatic heterocycles. The van der Waals surface area contributed by atoms with E-state index in [2.05, 4.69) is 22.4 Å². The molecule has 2 rings (SSSR count). The molecule has 3 N–H and O–H groups in total. The van der Waals surface area contributed by atoms with E-state index >= 15 is 0 Å². The Morgan fingerprint density at radius 3 is 3.00 bits per heavy atom. The molecular weight excluding hydrogens is 224 g/mol. The number of nitrogens with two attached hydrogens (primary N) is 1. The minimum absolute atomic E-state index is 0.630. The Morgan fingerprint density at radius 1 is 1.62 bits per heavy atom. The van der Waals surface area contributed by atoms with Gasteiger partial charge in [-0.15, -0.1) is 0 Å². The van der Waals surface area contributed by atoms with Crippen LogP contribution < -0.4 is 11.3 Å². The van der Waals surface area contributed by atoms with Crippen LogP contribution in [0.1, 0.15) is 17.7 Å². The monoisotopic (exact) mass is 242 g/mol. The average molecular weight is 242 g/mol. The van der Waals surface area contributed by atoms with Crippen LogP contribution in [0.4, 0.5) is 5.13 Å². The van der Waals surface area contributed by atoms with Gasteiger partial charge in [0.25, 0.3) is 0 Å². The molecule has 0 spiro atoms. The van der Waals surface area contributed by atoms with Crippen molar-refractivity contribution < 1.29 is 4.74 Å². The van der Waals surface area contributed by atoms with E-state index in [0.717, 1.165) is 37.7 Å². The molecule has 6 heteroatoms. The number of nitrogen functional groups attached to an aromatic ring is 1. The summed E-state index contributed by atoms with van der Waals surface area (Å²) in [6.45, 7) is 2.70. The van der Waals surface area contributed by atoms with Crippen LogP contribution in [-0.2, 0) is 11.3 Å². The van der Waals surface area contributed by atoms with Gasteiger partial charge in [-0.2, -0.15) is 0 Å². The Kier molecular flexibility index (Phi) is 4.11. The van der Waals surface area contributed by atoms with Gasteiger partial charge >= 0.3 is 0 Å². The van der Waals surface area contributed by atoms with E-state index < -0.39 is 0 Å². The smallest absolute Gasteiger partial charge is 0.197 e. The highest BCUT2D eigenvalue weighted by molar-refractivity contribution is 7.15. The van der Waals surface area contributed by atoms with E-state index in [4.69, 9.17) is 10.6 Å². The molecule has 0 aromatic carbocycles. The molecule has 0 radical (unpaired) electrons. The van der Waals surface area contributed by atoms with Gasteiger partial charge in [0.2, 0.25) is 0 Å². The van der Waals surface area contributed by atoms with Crippen molar-refractivity contribution in [2.45, 2.75) is 25.4 Å². The van der Waals surface area contributed by atoms with Gasteiger partial charge in [0.05, 0.1) is 0 Å². The summed E-state index contributed by atoms with van der Waals surface area (Å²) in [5, 5.41) is 0.773. The second-order valence-electron chi connectivity index (χ2n) is 4.03. The molecule has 5 nitrogen and oxygen atoms in total. The van der Waals surface area contributed by atoms with Crippen LogP contribution in [0.3, 0.4) is 0 Å². The van der Waals surface area contributed by atoms with Gasteiger partial charge in [0, 0.05) is 36.9 Å². The maximum atomic E-state index is 5.36. The average Bonchev–Trinajstić information content (AvgIpc) is 2.78. The number of hydrogen-bond acceptors (Lipinski definition) is 6. The number of ether oxygens (including phenoxy) is 1. The van der Waals surface area contributed by atoms with E-state index in [0.29, 0.717) is 6.04 Å². The molecule has 1 aromatic heterocycles. The zero-order valence-electron chi connectivity index (χ0n) is 9.48. The maximum absolute atomic E-state index is 5.36. The number of thiazole rings is 1. The summed E-state index contributed by atoms with van der Waals surface area (Å²) >= 11 is 1.61. The van der Waals surface area contributed by atoms with Crippen molar-refractivity contribution in [3.63, 3.8) is 0 Å². The summed E-state index contributed by atoms with van der Waals surface area (Å²) in [5.74, 6) is 5.30. The first kappa shape index (κ1) is 11.8. The molecule has 0 bridgehead atoms. The summed E-state index contributed by atoms with van der Waals surface area (Å²) in [7, 11) is 2.16. The van der Waals surface area contributed by atoms with E-state index in [-0.39, 0.29) is 0 Å². The van der Waals surface area contributed by atoms with Crippen molar-refractivity contribution in [1.29, 1.82) is 0 Å². The molecule has 0 saturated carbocycles. The van der Waals surface area contributed by atoms with Crippen LogP contribution in [0.5, 0.6) is 0 Å². The highest BCUT2D eigenvalue weighted by Gasteiger charge is 2.18. The van der Waals surface area contributed by atoms with Crippen LogP contribution >= 0.6 is 11.3 Å². The number of rotatable bonds is 4. The van der Waals surface area contributed by atoms with Crippen molar-refractivity contribution in [3.8, 4) is 0 Å². The zero-order chi connectivity index (χ0) is 11.4. The lowest BCUT2D eigenvalue weighted by molar-refractivity contribution is 0.0410. The van der Waals surface area contributed by atoms with Crippen molar-refractivity contribution in [2.75, 3.05) is 25.7 Å². The highest BCUT2D eigenvalue weighted by Crippen LogP contribution is 2.21. The number of anilines is 1. The van der Waals surface area contributed by atoms with Crippen LogP contribution in [-0.4, -0.2) is 36.2 Å². The summed E-state index contributed by atoms with van der Waals surface area (Å²) in [4.78, 5) is 7.77. The first-order valence-corrected chi connectivity index (χ1v) is 6.30. The number of hydrogen-bond donors (Lipinski definition) is 2. The van der Waals surface area contributed by atoms with E-state index in [1.807, 2.05) is 6.20 Å². The van der Waals surface area contributed by atoms with Crippen LogP contribution in [0.25, 0.3) is 0 Å². The number of hydrazine groups is 1. The molecule has 0 unspecified atom stereocenters. The molecule has 90 valence electrons. The second kappa shape index (κ2) is 5.58. The van der Waals surface area contributed by atoms with Gasteiger partial charge < -0.3 is 4.74 Å². The van der Waals surface area contributed by atoms with Crippen molar-refractivity contribution in [1.82, 2.24) is 9.88 Å². The van der Waals surface area contributed by atoms with Gasteiger partial charge in [-0.3, -0.25) is 10.3 Å². The maximum Gasteiger partial charge on any atom is 0.197 e. The minimum Gasteiger partial charge on any atom is -0.381 e. The molecule has 16 heavy (non-hydrogen) atoms. The van der Waals surface area contributed by atoms with E-state index in [9.17, 15) is 0 Å². The van der Waals surface area contributed by atoms with Crippen molar-refractivity contribution in [2.24, 2.45) is 5.84 Å². The Labute approximate surface area is 99.6 Å². The molecule has 1 aliphatic rings. The summed E-state index contributed by atoms with van der Waals surface area (Å²) in [5.41, 5.74) is 2.57. The molecule has 1 aromatic rings. The summed E-state index contributed by atoms with van der Waals surface area (Å²) < 4.78 is 5.36. The molecule has 2 heterocycles. The highest BCUT2D eigenvalue weighted by atomic mass is 32.1. The van der Waals surface area contributed by atoms with Gasteiger partial charge in [-0.1, -0.05) is 11.3 Å². The first-order chi connectivity index (χ1) is 7.79. The lowest BCUT2D eigenvalue weighted by Gasteiger charge is -2.30. The third-order valence-corrected chi connectivity index (χ3v) is 3.81. The van der Waals surface area contributed by atoms with E-state index in [1.54, 1.807) is 11.3 Å². The number of nitrogens with zero attached hydrogens (tertiary/aromatic N) is 2. The van der Waals surface area contributed by atoms with Crippen LogP contribution in [0, 0.1) is 0 Å². The largest absolute Gasteiger partial charge is 0.381 e. The van der Waals surface area contributed by atoms with Crippen molar-refractivity contribution in [3.05, 3.63) is 11.1 Å². The number of aromatic nitrogens is 1. The Bertz CT molecular complexity index is 324. The minimum atomic E-state index is 0.630. The van der Waals surface area contributed by atoms with Crippen LogP contribution in [0.2, 0.25) is 0 Å². The zero-order valence-corrected chi connectivity index (χ0v) is 10.3. The fraction of sp³-hybridized carbons (Fsp3) is 0.700. The fourth-order valence-electron chi connectivity index (χ4n) is 1.95. The van der Waals surface area contributed by atoms with Gasteiger partial charge in [0.1, 0.15) is 0 Å². The van der Waals surface area contributed by atoms with E-state index in [1.165, 1.54) is 4.88 Å². The molecule has 0 atom stereocenters. The fourth-order valence-corrected chi connectivity index (χ4v) is 2.73. The predicted octanol–water partition coefficient (Wildman–Crippen LogP) is 1.04. The Morgan fingerprint density at radius 2 is 2.38 bits per heavy atom. The lowest BCUT2D eigenvalue weighted by Crippen LogP contribution is -2.35. The van der Waals surface area contributed by atoms with Crippen LogP contribution in [0.15, 0.2) is 6.20 Å². The molecule has 1 fully saturated rings. The third kappa shape index (κ3) is 2.91. The lowest BCUT2D eigenvalue weighted by atomic mass is 10.1. The van der Waals surface area contributed by atoms with Gasteiger partial charge in [-0.05, 0) is 19.9 Å². The Hall–Kier alpha value is -0.690. The van der Waals surface area contributed by atoms with Gasteiger partial charge in [-0.25, -0.2) is 10.8 Å². The Balaban J connectivity index is 1.87. The standard InChI is InChI=1S/C10H18N4OS/c1-14(8-2-4-15-5-3-8)7-9-6-12-10(13-11)16-9/h6,8H,2-5,7,11H2,1H3,(H,12,13). The second-order valence-corrected chi connectivity index (χ2v) is 5.15. The quantitative estimate of drug-likeness (QED) is 0.610. The normalized spacial score (nSPS) is 17.9. The molecule has 0 amide bonds. The number of nitrogens with one attached hydrogen (secondary N) is 1. The van der Waals surface area contributed by atoms with Gasteiger partial charge in [0.15, 0.2) is 5.13 Å². The predicted molar refractivity (Wildman–Crippen MR) is 65.2 cm³/mol. The SMILES string of the molecule is CN(Cc1cnc(NN)s1)C1CCOCC1. The molecular formula is C10H18N4OS. The summed E-state index contributed by atoms with van der Waals surface area (Å²) in [6, 6.07) is 0.630. The summed E-state index contributed by atoms with van der Waals surface area (Å²) in [6.07, 6.45) is 4.13. The van der Waals surface area contributed by atoms with Crippen molar-refractivity contribution >= 4 is 16.5 Å². The first-order valence-electron chi connectivity index (χ1n) is 5.49. The third-order valence-electron chi connectivity index (χ3n) is 2.90. The molecule has 1 saturated heterocycles. The topological polar surface area (TPSA) is 63.4 Å². The molecule has 0 aliphatic carbocycles.